The van der Waals surface area contributed by atoms with Gasteiger partial charge in [-0.3, -0.25) is 4.79 Å². The highest BCUT2D eigenvalue weighted by molar-refractivity contribution is 5.94. The quantitative estimate of drug-likeness (QED) is 0.785. The first-order valence-corrected chi connectivity index (χ1v) is 6.87. The molecule has 1 fully saturated rings. The van der Waals surface area contributed by atoms with Gasteiger partial charge >= 0.3 is 5.97 Å². The fourth-order valence-corrected chi connectivity index (χ4v) is 2.16. The van der Waals surface area contributed by atoms with Crippen LogP contribution in [0, 0.1) is 12.8 Å². The molecule has 1 saturated carbocycles. The molecule has 21 heavy (non-hydrogen) atoms. The Morgan fingerprint density at radius 1 is 1.43 bits per heavy atom. The summed E-state index contributed by atoms with van der Waals surface area (Å²) < 4.78 is 5.22. The Balaban J connectivity index is 2.04. The molecule has 0 aliphatic heterocycles. The summed E-state index contributed by atoms with van der Waals surface area (Å²) in [6.45, 7) is 1.95. The van der Waals surface area contributed by atoms with Crippen molar-refractivity contribution in [3.05, 3.63) is 35.4 Å². The van der Waals surface area contributed by atoms with Gasteiger partial charge in [0.25, 0.3) is 0 Å². The molecule has 1 unspecified atom stereocenters. The lowest BCUT2D eigenvalue weighted by Gasteiger charge is -2.11. The maximum atomic E-state index is 11.8. The Morgan fingerprint density at radius 2 is 2.14 bits per heavy atom. The molecule has 0 spiro atoms. The summed E-state index contributed by atoms with van der Waals surface area (Å²) in [5, 5.41) is 11.6. The van der Waals surface area contributed by atoms with Crippen LogP contribution in [0.25, 0.3) is 6.08 Å². The van der Waals surface area contributed by atoms with Crippen molar-refractivity contribution in [2.75, 3.05) is 7.11 Å². The molecule has 2 N–H and O–H groups in total. The van der Waals surface area contributed by atoms with Gasteiger partial charge in [-0.15, -0.1) is 0 Å². The second-order valence-electron chi connectivity index (χ2n) is 5.24. The van der Waals surface area contributed by atoms with Crippen LogP contribution < -0.4 is 10.1 Å². The third-order valence-electron chi connectivity index (χ3n) is 3.46. The topological polar surface area (TPSA) is 75.6 Å². The molecule has 0 radical (unpaired) electrons. The van der Waals surface area contributed by atoms with E-state index in [1.807, 2.05) is 25.1 Å². The van der Waals surface area contributed by atoms with Crippen molar-refractivity contribution >= 4 is 18.0 Å². The second-order valence-corrected chi connectivity index (χ2v) is 5.24. The van der Waals surface area contributed by atoms with Crippen LogP contribution in [0.2, 0.25) is 0 Å². The number of benzene rings is 1. The van der Waals surface area contributed by atoms with Crippen LogP contribution in [-0.2, 0) is 9.59 Å². The van der Waals surface area contributed by atoms with Crippen molar-refractivity contribution in [2.24, 2.45) is 5.92 Å². The summed E-state index contributed by atoms with van der Waals surface area (Å²) in [6.07, 6.45) is 4.68. The van der Waals surface area contributed by atoms with E-state index >= 15 is 0 Å². The number of aryl methyl sites for hydroxylation is 1. The summed E-state index contributed by atoms with van der Waals surface area (Å²) in [6, 6.07) is 4.86. The van der Waals surface area contributed by atoms with Gasteiger partial charge < -0.3 is 15.2 Å². The van der Waals surface area contributed by atoms with Crippen LogP contribution in [0.4, 0.5) is 0 Å². The average Bonchev–Trinajstić information content (AvgIpc) is 3.26. The van der Waals surface area contributed by atoms with E-state index in [0.29, 0.717) is 5.75 Å². The molecule has 0 saturated heterocycles. The molecule has 5 heteroatoms. The van der Waals surface area contributed by atoms with E-state index in [9.17, 15) is 9.59 Å². The Morgan fingerprint density at radius 3 is 2.71 bits per heavy atom. The summed E-state index contributed by atoms with van der Waals surface area (Å²) in [5.74, 6) is -0.653. The number of ether oxygens (including phenoxy) is 1. The van der Waals surface area contributed by atoms with E-state index in [1.165, 1.54) is 6.08 Å². The van der Waals surface area contributed by atoms with Crippen LogP contribution in [0.15, 0.2) is 24.3 Å². The lowest BCUT2D eigenvalue weighted by molar-refractivity contribution is -0.141. The molecule has 1 aromatic rings. The smallest absolute Gasteiger partial charge is 0.326 e. The first kappa shape index (κ1) is 15.1. The highest BCUT2D eigenvalue weighted by atomic mass is 16.5. The zero-order chi connectivity index (χ0) is 15.4. The SMILES string of the molecule is COc1ccc(C)cc1C=CC(=O)NC(C(=O)O)C1CC1. The number of carbonyl (C=O) groups excluding carboxylic acids is 1. The molecule has 1 aliphatic carbocycles. The van der Waals surface area contributed by atoms with Crippen molar-refractivity contribution < 1.29 is 19.4 Å². The highest BCUT2D eigenvalue weighted by Crippen LogP contribution is 2.32. The Hall–Kier alpha value is -2.30. The number of amides is 1. The van der Waals surface area contributed by atoms with Gasteiger partial charge in [-0.05, 0) is 43.9 Å². The summed E-state index contributed by atoms with van der Waals surface area (Å²) in [7, 11) is 1.57. The fraction of sp³-hybridized carbons (Fsp3) is 0.375. The standard InChI is InChI=1S/C16H19NO4/c1-10-3-7-13(21-2)12(9-10)6-8-14(18)17-15(16(19)20)11-4-5-11/h3,6-9,11,15H,4-5H2,1-2H3,(H,17,18)(H,19,20). The third kappa shape index (κ3) is 4.08. The van der Waals surface area contributed by atoms with Gasteiger partial charge in [0, 0.05) is 11.6 Å². The number of carboxylic acid groups (broad SMARTS) is 1. The summed E-state index contributed by atoms with van der Waals surface area (Å²) in [5.41, 5.74) is 1.84. The van der Waals surface area contributed by atoms with E-state index in [4.69, 9.17) is 9.84 Å². The minimum atomic E-state index is -0.979. The second kappa shape index (κ2) is 6.43. The average molecular weight is 289 g/mol. The van der Waals surface area contributed by atoms with Gasteiger partial charge in [0.05, 0.1) is 7.11 Å². The van der Waals surface area contributed by atoms with Crippen LogP contribution in [-0.4, -0.2) is 30.1 Å². The normalized spacial score (nSPS) is 15.7. The van der Waals surface area contributed by atoms with Crippen molar-refractivity contribution in [1.82, 2.24) is 5.32 Å². The molecule has 0 heterocycles. The van der Waals surface area contributed by atoms with Crippen molar-refractivity contribution in [2.45, 2.75) is 25.8 Å². The van der Waals surface area contributed by atoms with E-state index in [-0.39, 0.29) is 5.92 Å². The molecular formula is C16H19NO4. The van der Waals surface area contributed by atoms with E-state index in [1.54, 1.807) is 13.2 Å². The zero-order valence-electron chi connectivity index (χ0n) is 12.1. The molecule has 1 aliphatic rings. The van der Waals surface area contributed by atoms with Gasteiger partial charge in [-0.2, -0.15) is 0 Å². The number of carboxylic acids is 1. The Labute approximate surface area is 123 Å². The largest absolute Gasteiger partial charge is 0.496 e. The van der Waals surface area contributed by atoms with E-state index in [2.05, 4.69) is 5.32 Å². The van der Waals surface area contributed by atoms with Crippen LogP contribution >= 0.6 is 0 Å². The first-order chi connectivity index (χ1) is 10.0. The minimum absolute atomic E-state index is 0.0633. The maximum absolute atomic E-state index is 11.8. The molecule has 5 nitrogen and oxygen atoms in total. The van der Waals surface area contributed by atoms with Crippen molar-refractivity contribution in [3.8, 4) is 5.75 Å². The molecule has 1 atom stereocenters. The predicted octanol–water partition coefficient (Wildman–Crippen LogP) is 2.00. The van der Waals surface area contributed by atoms with Gasteiger partial charge in [0.15, 0.2) is 0 Å². The fourth-order valence-electron chi connectivity index (χ4n) is 2.16. The molecule has 0 aromatic heterocycles. The molecule has 1 aromatic carbocycles. The van der Waals surface area contributed by atoms with Crippen LogP contribution in [0.1, 0.15) is 24.0 Å². The minimum Gasteiger partial charge on any atom is -0.496 e. The summed E-state index contributed by atoms with van der Waals surface area (Å²) >= 11 is 0. The van der Waals surface area contributed by atoms with Gasteiger partial charge in [0.1, 0.15) is 11.8 Å². The lowest BCUT2D eigenvalue weighted by atomic mass is 10.1. The number of hydrogen-bond acceptors (Lipinski definition) is 3. The number of rotatable bonds is 6. The van der Waals surface area contributed by atoms with Gasteiger partial charge in [-0.1, -0.05) is 11.6 Å². The van der Waals surface area contributed by atoms with Crippen LogP contribution in [0.3, 0.4) is 0 Å². The van der Waals surface area contributed by atoms with Gasteiger partial charge in [-0.25, -0.2) is 4.79 Å². The van der Waals surface area contributed by atoms with Crippen LogP contribution in [0.5, 0.6) is 5.75 Å². The molecule has 1 amide bonds. The van der Waals surface area contributed by atoms with Crippen molar-refractivity contribution in [1.29, 1.82) is 0 Å². The summed E-state index contributed by atoms with van der Waals surface area (Å²) in [4.78, 5) is 22.9. The monoisotopic (exact) mass is 289 g/mol. The molecular weight excluding hydrogens is 270 g/mol. The number of methoxy groups -OCH3 is 1. The predicted molar refractivity (Wildman–Crippen MR) is 79.1 cm³/mol. The number of carbonyl (C=O) groups is 2. The Kier molecular flexibility index (Phi) is 4.62. The van der Waals surface area contributed by atoms with E-state index in [0.717, 1.165) is 24.0 Å². The highest BCUT2D eigenvalue weighted by Gasteiger charge is 2.36. The third-order valence-corrected chi connectivity index (χ3v) is 3.46. The molecule has 0 bridgehead atoms. The zero-order valence-corrected chi connectivity index (χ0v) is 12.1. The van der Waals surface area contributed by atoms with Crippen molar-refractivity contribution in [3.63, 3.8) is 0 Å². The molecule has 2 rings (SSSR count). The number of nitrogens with one attached hydrogen (secondary N) is 1. The maximum Gasteiger partial charge on any atom is 0.326 e. The van der Waals surface area contributed by atoms with Gasteiger partial charge in [0.2, 0.25) is 5.91 Å². The first-order valence-electron chi connectivity index (χ1n) is 6.87. The number of hydrogen-bond donors (Lipinski definition) is 2. The number of aliphatic carboxylic acids is 1. The molecule has 112 valence electrons. The van der Waals surface area contributed by atoms with E-state index < -0.39 is 17.9 Å². The Bertz CT molecular complexity index is 576. The lowest BCUT2D eigenvalue weighted by Crippen LogP contribution is -2.41.